The molecule has 0 spiro atoms. The molecule has 8 heteroatoms. The van der Waals surface area contributed by atoms with Gasteiger partial charge in [-0.1, -0.05) is 109 Å². The number of anilines is 1. The summed E-state index contributed by atoms with van der Waals surface area (Å²) in [4.78, 5) is 4.51. The van der Waals surface area contributed by atoms with Gasteiger partial charge in [0.05, 0.1) is 5.75 Å². The van der Waals surface area contributed by atoms with Gasteiger partial charge in [0.1, 0.15) is 0 Å². The molecule has 2 aromatic heterocycles. The third-order valence-electron chi connectivity index (χ3n) is 6.67. The average molecular weight is 516 g/mol. The minimum absolute atomic E-state index is 0.153. The Kier molecular flexibility index (Phi) is 11.8. The minimum Gasteiger partial charge on any atom is -0.284 e. The smallest absolute Gasteiger partial charge is 0.232 e. The summed E-state index contributed by atoms with van der Waals surface area (Å²) in [6, 6.07) is 9.17. The lowest BCUT2D eigenvalue weighted by Crippen LogP contribution is -2.16. The molecule has 0 saturated heterocycles. The van der Waals surface area contributed by atoms with Crippen LogP contribution in [0, 0.1) is 6.92 Å². The van der Waals surface area contributed by atoms with E-state index in [4.69, 9.17) is 0 Å². The normalized spacial score (nSPS) is 11.9. The highest BCUT2D eigenvalue weighted by Crippen LogP contribution is 2.22. The number of fused-ring (bicyclic) bond motifs is 1. The van der Waals surface area contributed by atoms with E-state index in [1.165, 1.54) is 77.0 Å². The van der Waals surface area contributed by atoms with E-state index in [9.17, 15) is 8.42 Å². The second kappa shape index (κ2) is 15.0. The molecule has 0 unspecified atom stereocenters. The molecule has 0 aliphatic carbocycles. The second-order valence-corrected chi connectivity index (χ2v) is 11.9. The number of aromatic nitrogens is 4. The Bertz CT molecular complexity index is 1100. The standard InChI is InChI=1S/C28H45N5O2S/c1-3-4-5-6-7-8-9-10-11-12-13-14-15-16-17-21-36(34,35)32-26-20-18-19-25(23-26)28-29-27-22-24(2)30-33(27)31-28/h18-20,22-23,30,32H,3-17,21H2,1-2H3. The minimum atomic E-state index is -3.37. The van der Waals surface area contributed by atoms with Crippen LogP contribution in [0.25, 0.3) is 17.0 Å². The van der Waals surface area contributed by atoms with Crippen molar-refractivity contribution in [3.63, 3.8) is 0 Å². The third kappa shape index (κ3) is 9.96. The molecule has 7 nitrogen and oxygen atoms in total. The van der Waals surface area contributed by atoms with Crippen LogP contribution in [0.5, 0.6) is 0 Å². The van der Waals surface area contributed by atoms with Gasteiger partial charge in [0.15, 0.2) is 11.5 Å². The summed E-state index contributed by atoms with van der Waals surface area (Å²) >= 11 is 0. The molecule has 200 valence electrons. The van der Waals surface area contributed by atoms with Gasteiger partial charge >= 0.3 is 0 Å². The monoisotopic (exact) mass is 515 g/mol. The lowest BCUT2D eigenvalue weighted by Gasteiger charge is -2.09. The molecule has 36 heavy (non-hydrogen) atoms. The lowest BCUT2D eigenvalue weighted by atomic mass is 10.0. The molecule has 0 radical (unpaired) electrons. The summed E-state index contributed by atoms with van der Waals surface area (Å²) in [6.45, 7) is 4.22. The molecule has 2 heterocycles. The van der Waals surface area contributed by atoms with E-state index in [1.54, 1.807) is 16.8 Å². The van der Waals surface area contributed by atoms with Crippen molar-refractivity contribution < 1.29 is 8.42 Å². The van der Waals surface area contributed by atoms with Crippen molar-refractivity contribution in [2.24, 2.45) is 0 Å². The van der Waals surface area contributed by atoms with Crippen LogP contribution in [0.1, 0.15) is 109 Å². The maximum Gasteiger partial charge on any atom is 0.232 e. The molecule has 0 amide bonds. The number of unbranched alkanes of at least 4 members (excludes halogenated alkanes) is 14. The molecule has 0 saturated carbocycles. The van der Waals surface area contributed by atoms with Gasteiger partial charge in [0.25, 0.3) is 0 Å². The van der Waals surface area contributed by atoms with Crippen LogP contribution in [0.3, 0.4) is 0 Å². The molecule has 3 aromatic rings. The number of nitrogens with one attached hydrogen (secondary N) is 2. The molecule has 1 aromatic carbocycles. The van der Waals surface area contributed by atoms with Crippen LogP contribution in [0.15, 0.2) is 30.3 Å². The van der Waals surface area contributed by atoms with E-state index in [0.717, 1.165) is 29.7 Å². The zero-order valence-electron chi connectivity index (χ0n) is 22.3. The number of benzene rings is 1. The van der Waals surface area contributed by atoms with Crippen LogP contribution in [0.2, 0.25) is 0 Å². The number of hydrogen-bond donors (Lipinski definition) is 2. The molecular weight excluding hydrogens is 470 g/mol. The van der Waals surface area contributed by atoms with Crippen LogP contribution in [-0.4, -0.2) is 34.0 Å². The van der Waals surface area contributed by atoms with E-state index in [0.29, 0.717) is 17.9 Å². The van der Waals surface area contributed by atoms with Gasteiger partial charge < -0.3 is 0 Å². The van der Waals surface area contributed by atoms with Crippen LogP contribution < -0.4 is 4.72 Å². The predicted octanol–water partition coefficient (Wildman–Crippen LogP) is 7.65. The maximum absolute atomic E-state index is 12.6. The molecule has 0 aliphatic heterocycles. The van der Waals surface area contributed by atoms with Gasteiger partial charge in [-0.3, -0.25) is 9.82 Å². The fourth-order valence-electron chi connectivity index (χ4n) is 4.63. The molecular formula is C28H45N5O2S. The zero-order chi connectivity index (χ0) is 25.6. The fourth-order valence-corrected chi connectivity index (χ4v) is 5.80. The predicted molar refractivity (Wildman–Crippen MR) is 150 cm³/mol. The van der Waals surface area contributed by atoms with Crippen molar-refractivity contribution in [3.8, 4) is 11.4 Å². The quantitative estimate of drug-likeness (QED) is 0.160. The topological polar surface area (TPSA) is 92.1 Å². The highest BCUT2D eigenvalue weighted by molar-refractivity contribution is 7.92. The Morgan fingerprint density at radius 3 is 2.00 bits per heavy atom. The van der Waals surface area contributed by atoms with Crippen LogP contribution in [0.4, 0.5) is 5.69 Å². The van der Waals surface area contributed by atoms with E-state index >= 15 is 0 Å². The summed E-state index contributed by atoms with van der Waals surface area (Å²) in [7, 11) is -3.37. The number of hydrogen-bond acceptors (Lipinski definition) is 4. The first-order chi connectivity index (χ1) is 17.5. The van der Waals surface area contributed by atoms with Crippen molar-refractivity contribution in [1.29, 1.82) is 0 Å². The number of nitrogens with zero attached hydrogens (tertiary/aromatic N) is 3. The fraction of sp³-hybridized carbons (Fsp3) is 0.643. The van der Waals surface area contributed by atoms with Gasteiger partial charge in [-0.2, -0.15) is 4.63 Å². The van der Waals surface area contributed by atoms with Gasteiger partial charge in [-0.05, 0) is 25.5 Å². The molecule has 2 N–H and O–H groups in total. The Labute approximate surface area is 217 Å². The van der Waals surface area contributed by atoms with Crippen LogP contribution >= 0.6 is 0 Å². The number of rotatable bonds is 19. The maximum atomic E-state index is 12.6. The van der Waals surface area contributed by atoms with Gasteiger partial charge in [0, 0.05) is 23.0 Å². The molecule has 0 aliphatic rings. The van der Waals surface area contributed by atoms with Crippen molar-refractivity contribution >= 4 is 21.4 Å². The number of aromatic amines is 1. The lowest BCUT2D eigenvalue weighted by molar-refractivity contribution is 0.534. The summed E-state index contributed by atoms with van der Waals surface area (Å²) in [6.07, 6.45) is 19.0. The van der Waals surface area contributed by atoms with E-state index in [1.807, 2.05) is 25.1 Å². The van der Waals surface area contributed by atoms with E-state index in [2.05, 4.69) is 26.8 Å². The Balaban J connectivity index is 1.26. The first-order valence-corrected chi connectivity index (χ1v) is 15.7. The third-order valence-corrected chi connectivity index (χ3v) is 8.04. The largest absolute Gasteiger partial charge is 0.284 e. The molecule has 0 fully saturated rings. The number of sulfonamides is 1. The highest BCUT2D eigenvalue weighted by atomic mass is 32.2. The van der Waals surface area contributed by atoms with Crippen LogP contribution in [-0.2, 0) is 10.0 Å². The van der Waals surface area contributed by atoms with Crippen molar-refractivity contribution in [1.82, 2.24) is 19.8 Å². The first-order valence-electron chi connectivity index (χ1n) is 14.0. The van der Waals surface area contributed by atoms with Crippen molar-refractivity contribution in [3.05, 3.63) is 36.0 Å². The molecule has 0 atom stereocenters. The number of aryl methyl sites for hydroxylation is 1. The molecule has 0 bridgehead atoms. The Morgan fingerprint density at radius 1 is 0.833 bits per heavy atom. The van der Waals surface area contributed by atoms with E-state index < -0.39 is 10.0 Å². The van der Waals surface area contributed by atoms with E-state index in [-0.39, 0.29) is 5.75 Å². The second-order valence-electron chi connectivity index (χ2n) is 10.1. The van der Waals surface area contributed by atoms with Gasteiger partial charge in [0.2, 0.25) is 10.0 Å². The average Bonchev–Trinajstić information content (AvgIpc) is 3.39. The van der Waals surface area contributed by atoms with Crippen molar-refractivity contribution in [2.75, 3.05) is 10.5 Å². The SMILES string of the molecule is CCCCCCCCCCCCCCCCCS(=O)(=O)Nc1cccc(-c2nc3cc(C)[nH]n3n2)c1. The Hall–Kier alpha value is -2.35. The highest BCUT2D eigenvalue weighted by Gasteiger charge is 2.13. The summed E-state index contributed by atoms with van der Waals surface area (Å²) < 4.78 is 29.5. The summed E-state index contributed by atoms with van der Waals surface area (Å²) in [5.41, 5.74) is 3.04. The Morgan fingerprint density at radius 2 is 1.42 bits per heavy atom. The van der Waals surface area contributed by atoms with Gasteiger partial charge in [-0.25, -0.2) is 13.4 Å². The summed E-state index contributed by atoms with van der Waals surface area (Å²) in [5.74, 6) is 0.713. The van der Waals surface area contributed by atoms with Crippen molar-refractivity contribution in [2.45, 2.75) is 110 Å². The summed E-state index contributed by atoms with van der Waals surface area (Å²) in [5, 5.41) is 7.53. The van der Waals surface area contributed by atoms with Gasteiger partial charge in [-0.15, -0.1) is 5.10 Å². The molecule has 3 rings (SSSR count). The number of H-pyrrole nitrogens is 1. The zero-order valence-corrected chi connectivity index (χ0v) is 23.1. The first kappa shape index (κ1) is 28.2.